The molecule has 0 bridgehead atoms. The summed E-state index contributed by atoms with van der Waals surface area (Å²) in [5, 5.41) is 9.44. The average Bonchev–Trinajstić information content (AvgIpc) is 2.47. The van der Waals surface area contributed by atoms with Crippen molar-refractivity contribution in [2.24, 2.45) is 5.92 Å². The highest BCUT2D eigenvalue weighted by Crippen LogP contribution is 2.24. The van der Waals surface area contributed by atoms with Crippen LogP contribution >= 0.6 is 0 Å². The molecule has 2 aliphatic heterocycles. The summed E-state index contributed by atoms with van der Waals surface area (Å²) in [5.74, 6) is -0.460. The van der Waals surface area contributed by atoms with Gasteiger partial charge in [0.2, 0.25) is 0 Å². The van der Waals surface area contributed by atoms with Gasteiger partial charge in [0.15, 0.2) is 0 Å². The minimum Gasteiger partial charge on any atom is -0.469 e. The van der Waals surface area contributed by atoms with Gasteiger partial charge in [-0.05, 0) is 25.7 Å². The Kier molecular flexibility index (Phi) is 5.00. The zero-order valence-corrected chi connectivity index (χ0v) is 12.5. The minimum absolute atomic E-state index is 0.199. The van der Waals surface area contributed by atoms with E-state index in [1.165, 1.54) is 15.7 Å². The molecule has 20 heavy (non-hydrogen) atoms. The summed E-state index contributed by atoms with van der Waals surface area (Å²) in [6.45, 7) is 1.42. The number of aliphatic hydroxyl groups is 1. The number of aliphatic hydroxyl groups excluding tert-OH is 1. The molecule has 0 amide bonds. The molecular formula is C12H22N2O5S. The molecular weight excluding hydrogens is 284 g/mol. The quantitative estimate of drug-likeness (QED) is 0.715. The molecule has 116 valence electrons. The molecule has 0 aliphatic carbocycles. The highest BCUT2D eigenvalue weighted by atomic mass is 32.2. The summed E-state index contributed by atoms with van der Waals surface area (Å²) in [5.41, 5.74) is 0. The van der Waals surface area contributed by atoms with Crippen molar-refractivity contribution in [2.45, 2.75) is 31.8 Å². The van der Waals surface area contributed by atoms with E-state index >= 15 is 0 Å². The lowest BCUT2D eigenvalue weighted by atomic mass is 9.99. The molecule has 2 aliphatic rings. The molecule has 0 unspecified atom stereocenters. The third-order valence-electron chi connectivity index (χ3n) is 4.06. The number of piperidine rings is 2. The first-order valence-corrected chi connectivity index (χ1v) is 8.36. The summed E-state index contributed by atoms with van der Waals surface area (Å²) in [6, 6.07) is 0. The van der Waals surface area contributed by atoms with Gasteiger partial charge >= 0.3 is 5.97 Å². The summed E-state index contributed by atoms with van der Waals surface area (Å²) in [4.78, 5) is 11.4. The SMILES string of the molecule is COC(=O)C1CCN(S(=O)(=O)N2CCC(O)CC2)CC1. The fraction of sp³-hybridized carbons (Fsp3) is 0.917. The van der Waals surface area contributed by atoms with Gasteiger partial charge < -0.3 is 9.84 Å². The monoisotopic (exact) mass is 306 g/mol. The predicted octanol–water partition coefficient (Wildman–Crippen LogP) is -0.427. The number of rotatable bonds is 3. The van der Waals surface area contributed by atoms with Crippen LogP contribution in [0.1, 0.15) is 25.7 Å². The fourth-order valence-electron chi connectivity index (χ4n) is 2.73. The van der Waals surface area contributed by atoms with Crippen LogP contribution in [0.3, 0.4) is 0 Å². The molecule has 0 saturated carbocycles. The zero-order valence-electron chi connectivity index (χ0n) is 11.7. The Morgan fingerprint density at radius 1 is 1.05 bits per heavy atom. The maximum absolute atomic E-state index is 12.4. The Hall–Kier alpha value is -0.700. The van der Waals surface area contributed by atoms with Crippen LogP contribution in [0.4, 0.5) is 0 Å². The first-order valence-electron chi connectivity index (χ1n) is 6.96. The Labute approximate surface area is 119 Å². The van der Waals surface area contributed by atoms with Crippen molar-refractivity contribution in [1.29, 1.82) is 0 Å². The number of hydrogen-bond donors (Lipinski definition) is 1. The summed E-state index contributed by atoms with van der Waals surface area (Å²) in [7, 11) is -2.11. The summed E-state index contributed by atoms with van der Waals surface area (Å²) < 4.78 is 32.5. The van der Waals surface area contributed by atoms with Gasteiger partial charge in [0.05, 0.1) is 19.1 Å². The number of carbonyl (C=O) groups is 1. The van der Waals surface area contributed by atoms with Gasteiger partial charge in [-0.15, -0.1) is 0 Å². The van der Waals surface area contributed by atoms with Gasteiger partial charge in [-0.1, -0.05) is 0 Å². The molecule has 2 rings (SSSR count). The Morgan fingerprint density at radius 2 is 1.50 bits per heavy atom. The maximum atomic E-state index is 12.4. The van der Waals surface area contributed by atoms with E-state index in [1.54, 1.807) is 0 Å². The Morgan fingerprint density at radius 3 is 1.95 bits per heavy atom. The molecule has 0 atom stereocenters. The van der Waals surface area contributed by atoms with E-state index in [-0.39, 0.29) is 11.9 Å². The number of ether oxygens (including phenoxy) is 1. The van der Waals surface area contributed by atoms with Crippen molar-refractivity contribution in [3.63, 3.8) is 0 Å². The molecule has 0 aromatic rings. The number of hydrogen-bond acceptors (Lipinski definition) is 5. The predicted molar refractivity (Wildman–Crippen MR) is 72.0 cm³/mol. The lowest BCUT2D eigenvalue weighted by Gasteiger charge is -2.36. The van der Waals surface area contributed by atoms with E-state index in [0.717, 1.165) is 0 Å². The van der Waals surface area contributed by atoms with Crippen LogP contribution in [0.25, 0.3) is 0 Å². The molecule has 0 radical (unpaired) electrons. The lowest BCUT2D eigenvalue weighted by Crippen LogP contribution is -2.50. The summed E-state index contributed by atoms with van der Waals surface area (Å²) >= 11 is 0. The number of methoxy groups -OCH3 is 1. The van der Waals surface area contributed by atoms with E-state index < -0.39 is 16.3 Å². The van der Waals surface area contributed by atoms with Crippen molar-refractivity contribution >= 4 is 16.2 Å². The lowest BCUT2D eigenvalue weighted by molar-refractivity contribution is -0.146. The van der Waals surface area contributed by atoms with E-state index in [2.05, 4.69) is 0 Å². The number of nitrogens with zero attached hydrogens (tertiary/aromatic N) is 2. The molecule has 2 heterocycles. The first-order chi connectivity index (χ1) is 9.45. The van der Waals surface area contributed by atoms with Gasteiger partial charge in [-0.25, -0.2) is 0 Å². The van der Waals surface area contributed by atoms with E-state index in [9.17, 15) is 18.3 Å². The van der Waals surface area contributed by atoms with Crippen molar-refractivity contribution in [1.82, 2.24) is 8.61 Å². The normalized spacial score (nSPS) is 24.7. The van der Waals surface area contributed by atoms with Gasteiger partial charge in [0.1, 0.15) is 0 Å². The van der Waals surface area contributed by atoms with Crippen LogP contribution in [0, 0.1) is 5.92 Å². The second-order valence-corrected chi connectivity index (χ2v) is 7.26. The topological polar surface area (TPSA) is 87.2 Å². The van der Waals surface area contributed by atoms with Crippen molar-refractivity contribution in [2.75, 3.05) is 33.3 Å². The molecule has 0 spiro atoms. The van der Waals surface area contributed by atoms with Gasteiger partial charge in [-0.2, -0.15) is 17.0 Å². The van der Waals surface area contributed by atoms with Crippen LogP contribution in [-0.4, -0.2) is 67.5 Å². The fourth-order valence-corrected chi connectivity index (χ4v) is 4.40. The zero-order chi connectivity index (χ0) is 14.8. The maximum Gasteiger partial charge on any atom is 0.308 e. The number of esters is 1. The third kappa shape index (κ3) is 3.30. The van der Waals surface area contributed by atoms with Crippen LogP contribution in [0.5, 0.6) is 0 Å². The smallest absolute Gasteiger partial charge is 0.308 e. The summed E-state index contributed by atoms with van der Waals surface area (Å²) in [6.07, 6.45) is 1.58. The van der Waals surface area contributed by atoms with Gasteiger partial charge in [-0.3, -0.25) is 4.79 Å². The van der Waals surface area contributed by atoms with E-state index in [4.69, 9.17) is 4.74 Å². The van der Waals surface area contributed by atoms with Crippen LogP contribution in [0.15, 0.2) is 0 Å². The highest BCUT2D eigenvalue weighted by Gasteiger charge is 2.36. The van der Waals surface area contributed by atoms with Crippen LogP contribution in [-0.2, 0) is 19.7 Å². The second-order valence-electron chi connectivity index (χ2n) is 5.33. The highest BCUT2D eigenvalue weighted by molar-refractivity contribution is 7.86. The molecule has 1 N–H and O–H groups in total. The molecule has 2 fully saturated rings. The van der Waals surface area contributed by atoms with Crippen molar-refractivity contribution in [3.8, 4) is 0 Å². The Bertz CT molecular complexity index is 437. The molecule has 0 aromatic carbocycles. The average molecular weight is 306 g/mol. The number of carbonyl (C=O) groups excluding carboxylic acids is 1. The molecule has 7 nitrogen and oxygen atoms in total. The molecule has 8 heteroatoms. The van der Waals surface area contributed by atoms with E-state index in [0.29, 0.717) is 51.9 Å². The minimum atomic E-state index is -3.46. The van der Waals surface area contributed by atoms with E-state index in [1.807, 2.05) is 0 Å². The first kappa shape index (κ1) is 15.7. The van der Waals surface area contributed by atoms with Crippen LogP contribution in [0.2, 0.25) is 0 Å². The van der Waals surface area contributed by atoms with Crippen molar-refractivity contribution < 1.29 is 23.1 Å². The molecule has 2 saturated heterocycles. The van der Waals surface area contributed by atoms with Gasteiger partial charge in [0, 0.05) is 26.2 Å². The van der Waals surface area contributed by atoms with Crippen molar-refractivity contribution in [3.05, 3.63) is 0 Å². The Balaban J connectivity index is 1.93. The third-order valence-corrected chi connectivity index (χ3v) is 6.10. The second kappa shape index (κ2) is 6.38. The largest absolute Gasteiger partial charge is 0.469 e. The van der Waals surface area contributed by atoms with Crippen LogP contribution < -0.4 is 0 Å². The van der Waals surface area contributed by atoms with Gasteiger partial charge in [0.25, 0.3) is 10.2 Å². The standard InChI is InChI=1S/C12H22N2O5S/c1-19-12(16)10-2-6-13(7-3-10)20(17,18)14-8-4-11(15)5-9-14/h10-11,15H,2-9H2,1H3. The molecule has 0 aromatic heterocycles.